The van der Waals surface area contributed by atoms with E-state index in [1.54, 1.807) is 29.3 Å². The summed E-state index contributed by atoms with van der Waals surface area (Å²) in [6.45, 7) is 0. The maximum Gasteiger partial charge on any atom is 0.0902 e. The molecule has 96 valence electrons. The van der Waals surface area contributed by atoms with E-state index in [1.165, 1.54) is 5.56 Å². The van der Waals surface area contributed by atoms with Gasteiger partial charge in [-0.15, -0.1) is 0 Å². The second-order valence-corrected chi connectivity index (χ2v) is 4.55. The van der Waals surface area contributed by atoms with Crippen LogP contribution in [0.1, 0.15) is 23.7 Å². The van der Waals surface area contributed by atoms with Gasteiger partial charge in [0.05, 0.1) is 24.0 Å². The maximum absolute atomic E-state index is 10.3. The van der Waals surface area contributed by atoms with E-state index in [1.807, 2.05) is 18.2 Å². The molecule has 3 rings (SSSR count). The summed E-state index contributed by atoms with van der Waals surface area (Å²) >= 11 is 0. The van der Waals surface area contributed by atoms with Crippen molar-refractivity contribution in [3.8, 4) is 0 Å². The molecule has 1 N–H and O–H groups in total. The lowest BCUT2D eigenvalue weighted by molar-refractivity contribution is 0.169. The van der Waals surface area contributed by atoms with Crippen molar-refractivity contribution in [1.82, 2.24) is 14.6 Å². The van der Waals surface area contributed by atoms with Gasteiger partial charge in [-0.1, -0.05) is 30.3 Å². The topological polar surface area (TPSA) is 50.4 Å². The summed E-state index contributed by atoms with van der Waals surface area (Å²) in [7, 11) is 0. The zero-order valence-electron chi connectivity index (χ0n) is 10.5. The summed E-state index contributed by atoms with van der Waals surface area (Å²) in [6, 6.07) is 10.2. The van der Waals surface area contributed by atoms with Gasteiger partial charge < -0.3 is 5.11 Å². The third-order valence-electron chi connectivity index (χ3n) is 3.26. The minimum Gasteiger partial charge on any atom is -0.388 e. The first kappa shape index (κ1) is 11.9. The lowest BCUT2D eigenvalue weighted by Crippen LogP contribution is -1.99. The average molecular weight is 253 g/mol. The van der Waals surface area contributed by atoms with Gasteiger partial charge in [-0.3, -0.25) is 4.98 Å². The summed E-state index contributed by atoms with van der Waals surface area (Å²) in [5.41, 5.74) is 2.93. The molecule has 0 spiro atoms. The van der Waals surface area contributed by atoms with E-state index in [0.717, 1.165) is 17.5 Å². The van der Waals surface area contributed by atoms with E-state index in [9.17, 15) is 5.11 Å². The molecule has 1 unspecified atom stereocenters. The second kappa shape index (κ2) is 5.20. The van der Waals surface area contributed by atoms with E-state index in [2.05, 4.69) is 22.2 Å². The number of benzene rings is 1. The fourth-order valence-electron chi connectivity index (χ4n) is 2.21. The molecular weight excluding hydrogens is 238 g/mol. The summed E-state index contributed by atoms with van der Waals surface area (Å²) in [6.07, 6.45) is 7.92. The molecule has 0 saturated carbocycles. The second-order valence-electron chi connectivity index (χ2n) is 4.55. The Balaban J connectivity index is 1.75. The van der Waals surface area contributed by atoms with E-state index in [4.69, 9.17) is 0 Å². The van der Waals surface area contributed by atoms with Crippen molar-refractivity contribution in [3.05, 3.63) is 66.2 Å². The lowest BCUT2D eigenvalue weighted by Gasteiger charge is -2.09. The Morgan fingerprint density at radius 1 is 1.16 bits per heavy atom. The van der Waals surface area contributed by atoms with Gasteiger partial charge in [0, 0.05) is 18.0 Å². The van der Waals surface area contributed by atoms with Crippen LogP contribution in [0.4, 0.5) is 0 Å². The quantitative estimate of drug-likeness (QED) is 0.776. The maximum atomic E-state index is 10.3. The predicted molar refractivity (Wildman–Crippen MR) is 72.7 cm³/mol. The van der Waals surface area contributed by atoms with E-state index in [-0.39, 0.29) is 0 Å². The number of aliphatic hydroxyl groups excluding tert-OH is 1. The molecule has 0 aliphatic carbocycles. The highest BCUT2D eigenvalue weighted by atomic mass is 16.3. The summed E-state index contributed by atoms with van der Waals surface area (Å²) < 4.78 is 1.73. The van der Waals surface area contributed by atoms with Crippen LogP contribution in [0.2, 0.25) is 0 Å². The zero-order valence-corrected chi connectivity index (χ0v) is 10.5. The Morgan fingerprint density at radius 2 is 2.00 bits per heavy atom. The molecule has 1 aromatic carbocycles. The van der Waals surface area contributed by atoms with Crippen LogP contribution in [0.15, 0.2) is 55.1 Å². The van der Waals surface area contributed by atoms with Crippen LogP contribution in [0.5, 0.6) is 0 Å². The molecule has 3 aromatic rings. The van der Waals surface area contributed by atoms with Gasteiger partial charge >= 0.3 is 0 Å². The van der Waals surface area contributed by atoms with E-state index in [0.29, 0.717) is 6.42 Å². The Morgan fingerprint density at radius 3 is 2.84 bits per heavy atom. The van der Waals surface area contributed by atoms with Crippen LogP contribution in [0.3, 0.4) is 0 Å². The van der Waals surface area contributed by atoms with Crippen molar-refractivity contribution in [3.63, 3.8) is 0 Å². The third kappa shape index (κ3) is 2.48. The normalized spacial score (nSPS) is 12.7. The highest BCUT2D eigenvalue weighted by Crippen LogP contribution is 2.22. The Labute approximate surface area is 111 Å². The van der Waals surface area contributed by atoms with Gasteiger partial charge in [0.25, 0.3) is 0 Å². The fourth-order valence-corrected chi connectivity index (χ4v) is 2.21. The fraction of sp³-hybridized carbons (Fsp3) is 0.200. The molecule has 2 heterocycles. The highest BCUT2D eigenvalue weighted by molar-refractivity contribution is 5.52. The Hall–Kier alpha value is -2.20. The number of nitrogens with zero attached hydrogens (tertiary/aromatic N) is 3. The third-order valence-corrected chi connectivity index (χ3v) is 3.26. The molecule has 4 nitrogen and oxygen atoms in total. The molecule has 1 atom stereocenters. The summed E-state index contributed by atoms with van der Waals surface area (Å²) in [4.78, 5) is 4.07. The van der Waals surface area contributed by atoms with Crippen molar-refractivity contribution < 1.29 is 5.11 Å². The Bertz CT molecular complexity index is 663. The standard InChI is InChI=1S/C15H15N3O/c19-15(7-6-12-4-2-1-3-5-12)13-10-17-18-9-8-16-11-14(13)18/h1-5,8-11,15,19H,6-7H2. The first-order valence-corrected chi connectivity index (χ1v) is 6.34. The molecule has 0 bridgehead atoms. The van der Waals surface area contributed by atoms with Crippen molar-refractivity contribution in [2.24, 2.45) is 0 Å². The van der Waals surface area contributed by atoms with Gasteiger partial charge in [0.2, 0.25) is 0 Å². The molecule has 19 heavy (non-hydrogen) atoms. The number of aryl methyl sites for hydroxylation is 1. The largest absolute Gasteiger partial charge is 0.388 e. The van der Waals surface area contributed by atoms with Crippen LogP contribution < -0.4 is 0 Å². The van der Waals surface area contributed by atoms with Crippen LogP contribution in [0, 0.1) is 0 Å². The van der Waals surface area contributed by atoms with Gasteiger partial charge in [-0.25, -0.2) is 4.52 Å². The molecule has 0 aliphatic heterocycles. The monoisotopic (exact) mass is 253 g/mol. The first-order valence-electron chi connectivity index (χ1n) is 6.34. The van der Waals surface area contributed by atoms with E-state index >= 15 is 0 Å². The minimum absolute atomic E-state index is 0.512. The predicted octanol–water partition coefficient (Wildman–Crippen LogP) is 2.40. The molecule has 0 radical (unpaired) electrons. The molecular formula is C15H15N3O. The SMILES string of the molecule is OC(CCc1ccccc1)c1cnn2ccncc12. The Kier molecular flexibility index (Phi) is 3.25. The van der Waals surface area contributed by atoms with Crippen LogP contribution >= 0.6 is 0 Å². The number of aromatic nitrogens is 3. The molecule has 4 heteroatoms. The average Bonchev–Trinajstić information content (AvgIpc) is 2.90. The smallest absolute Gasteiger partial charge is 0.0902 e. The number of fused-ring (bicyclic) bond motifs is 1. The summed E-state index contributed by atoms with van der Waals surface area (Å²) in [5.74, 6) is 0. The lowest BCUT2D eigenvalue weighted by atomic mass is 10.0. The van der Waals surface area contributed by atoms with Crippen LogP contribution in [-0.4, -0.2) is 19.7 Å². The molecule has 2 aromatic heterocycles. The molecule has 0 fully saturated rings. The minimum atomic E-state index is -0.512. The van der Waals surface area contributed by atoms with Gasteiger partial charge in [-0.2, -0.15) is 5.10 Å². The van der Waals surface area contributed by atoms with Crippen molar-refractivity contribution in [2.75, 3.05) is 0 Å². The number of hydrogen-bond acceptors (Lipinski definition) is 3. The van der Waals surface area contributed by atoms with Crippen molar-refractivity contribution >= 4 is 5.52 Å². The van der Waals surface area contributed by atoms with E-state index < -0.39 is 6.10 Å². The summed E-state index contributed by atoms with van der Waals surface area (Å²) in [5, 5.41) is 14.5. The van der Waals surface area contributed by atoms with Crippen molar-refractivity contribution in [1.29, 1.82) is 0 Å². The number of hydrogen-bond donors (Lipinski definition) is 1. The molecule has 0 aliphatic rings. The van der Waals surface area contributed by atoms with Crippen molar-refractivity contribution in [2.45, 2.75) is 18.9 Å². The number of rotatable bonds is 4. The van der Waals surface area contributed by atoms with Gasteiger partial charge in [-0.05, 0) is 18.4 Å². The zero-order chi connectivity index (χ0) is 13.1. The number of aliphatic hydroxyl groups is 1. The van der Waals surface area contributed by atoms with Gasteiger partial charge in [0.1, 0.15) is 0 Å². The molecule has 0 amide bonds. The van der Waals surface area contributed by atoms with Crippen LogP contribution in [-0.2, 0) is 6.42 Å². The van der Waals surface area contributed by atoms with Crippen LogP contribution in [0.25, 0.3) is 5.52 Å². The van der Waals surface area contributed by atoms with Gasteiger partial charge in [0.15, 0.2) is 0 Å². The first-order chi connectivity index (χ1) is 9.34. The molecule has 0 saturated heterocycles. The highest BCUT2D eigenvalue weighted by Gasteiger charge is 2.13.